The lowest BCUT2D eigenvalue weighted by Gasteiger charge is -2.20. The first-order chi connectivity index (χ1) is 15.3. The van der Waals surface area contributed by atoms with Crippen molar-refractivity contribution in [2.75, 3.05) is 0 Å². The highest BCUT2D eigenvalue weighted by atomic mass is 32.1. The molecule has 0 atom stereocenters. The number of hydrogen-bond donors (Lipinski definition) is 0. The minimum atomic E-state index is -0.653. The Bertz CT molecular complexity index is 1350. The predicted octanol–water partition coefficient (Wildman–Crippen LogP) is 5.45. The lowest BCUT2D eigenvalue weighted by molar-refractivity contribution is 0.00677. The summed E-state index contributed by atoms with van der Waals surface area (Å²) < 4.78 is 7.40. The second kappa shape index (κ2) is 8.93. The predicted molar refractivity (Wildman–Crippen MR) is 127 cm³/mol. The summed E-state index contributed by atoms with van der Waals surface area (Å²) >= 11 is 1.38. The molecule has 0 saturated carbocycles. The molecule has 5 nitrogen and oxygen atoms in total. The van der Waals surface area contributed by atoms with Crippen LogP contribution in [0.15, 0.2) is 83.3 Å². The molecule has 0 unspecified atom stereocenters. The first-order valence-electron chi connectivity index (χ1n) is 10.3. The number of amides is 1. The Kier molecular flexibility index (Phi) is 6.06. The number of hydrogen-bond acceptors (Lipinski definition) is 4. The van der Waals surface area contributed by atoms with Crippen LogP contribution in [0.5, 0.6) is 0 Å². The number of benzene rings is 3. The van der Waals surface area contributed by atoms with E-state index in [0.29, 0.717) is 11.3 Å². The standard InChI is InChI=1S/C26H24N2O3S/c1-26(2,3)31-24(30)22-14-7-6-13-21(22)23(29)27-25-28(15-16-32-25)17-19-11-8-10-18-9-4-5-12-20(18)19/h4-16H,17H2,1-3H3. The van der Waals surface area contributed by atoms with Gasteiger partial charge in [0.25, 0.3) is 5.91 Å². The number of rotatable bonds is 4. The Balaban J connectivity index is 1.67. The molecule has 0 N–H and O–H groups in total. The van der Waals surface area contributed by atoms with E-state index in [4.69, 9.17) is 4.74 Å². The number of thiazole rings is 1. The molecule has 0 spiro atoms. The smallest absolute Gasteiger partial charge is 0.339 e. The van der Waals surface area contributed by atoms with Crippen molar-refractivity contribution in [2.24, 2.45) is 4.99 Å². The molecule has 0 saturated heterocycles. The minimum absolute atomic E-state index is 0.216. The SMILES string of the molecule is CC(C)(C)OC(=O)c1ccccc1C(=O)N=c1sccn1Cc1cccc2ccccc12. The second-order valence-corrected chi connectivity index (χ2v) is 9.29. The Morgan fingerprint density at radius 3 is 2.41 bits per heavy atom. The van der Waals surface area contributed by atoms with Gasteiger partial charge in [-0.05, 0) is 49.2 Å². The Hall–Kier alpha value is -3.51. The fourth-order valence-electron chi connectivity index (χ4n) is 3.45. The van der Waals surface area contributed by atoms with Crippen LogP contribution in [0, 0.1) is 0 Å². The largest absolute Gasteiger partial charge is 0.456 e. The molecular formula is C26H24N2O3S. The van der Waals surface area contributed by atoms with E-state index in [0.717, 1.165) is 5.56 Å². The topological polar surface area (TPSA) is 60.7 Å². The van der Waals surface area contributed by atoms with Gasteiger partial charge >= 0.3 is 5.97 Å². The molecule has 0 fully saturated rings. The second-order valence-electron chi connectivity index (χ2n) is 8.42. The third kappa shape index (κ3) is 4.86. The van der Waals surface area contributed by atoms with E-state index < -0.39 is 17.5 Å². The number of ether oxygens (including phenoxy) is 1. The molecule has 0 bridgehead atoms. The van der Waals surface area contributed by atoms with Crippen molar-refractivity contribution < 1.29 is 14.3 Å². The van der Waals surface area contributed by atoms with E-state index in [9.17, 15) is 9.59 Å². The molecule has 162 valence electrons. The lowest BCUT2D eigenvalue weighted by Crippen LogP contribution is -2.25. The third-order valence-corrected chi connectivity index (χ3v) is 5.65. The number of esters is 1. The first-order valence-corrected chi connectivity index (χ1v) is 11.2. The van der Waals surface area contributed by atoms with Gasteiger partial charge in [0.15, 0.2) is 4.80 Å². The van der Waals surface area contributed by atoms with Crippen LogP contribution in [0.25, 0.3) is 10.8 Å². The fourth-order valence-corrected chi connectivity index (χ4v) is 4.17. The molecule has 32 heavy (non-hydrogen) atoms. The van der Waals surface area contributed by atoms with Crippen molar-refractivity contribution in [1.29, 1.82) is 0 Å². The number of aromatic nitrogens is 1. The van der Waals surface area contributed by atoms with E-state index in [1.54, 1.807) is 45.0 Å². The van der Waals surface area contributed by atoms with Crippen LogP contribution in [-0.2, 0) is 11.3 Å². The van der Waals surface area contributed by atoms with Crippen LogP contribution in [0.1, 0.15) is 47.1 Å². The zero-order valence-corrected chi connectivity index (χ0v) is 19.1. The average molecular weight is 445 g/mol. The van der Waals surface area contributed by atoms with Crippen molar-refractivity contribution in [3.63, 3.8) is 0 Å². The summed E-state index contributed by atoms with van der Waals surface area (Å²) in [7, 11) is 0. The summed E-state index contributed by atoms with van der Waals surface area (Å²) in [6.07, 6.45) is 1.92. The van der Waals surface area contributed by atoms with E-state index in [1.807, 2.05) is 34.3 Å². The van der Waals surface area contributed by atoms with Gasteiger partial charge in [-0.15, -0.1) is 11.3 Å². The summed E-state index contributed by atoms with van der Waals surface area (Å²) in [5, 5.41) is 4.24. The Labute approximate surface area is 190 Å². The van der Waals surface area contributed by atoms with E-state index >= 15 is 0 Å². The highest BCUT2D eigenvalue weighted by molar-refractivity contribution is 7.07. The summed E-state index contributed by atoms with van der Waals surface area (Å²) in [6.45, 7) is 5.97. The molecule has 0 radical (unpaired) electrons. The zero-order chi connectivity index (χ0) is 22.7. The van der Waals surface area contributed by atoms with E-state index in [1.165, 1.54) is 22.1 Å². The summed E-state index contributed by atoms with van der Waals surface area (Å²) in [5.74, 6) is -1.01. The van der Waals surface area contributed by atoms with Crippen LogP contribution in [0.4, 0.5) is 0 Å². The van der Waals surface area contributed by atoms with E-state index in [-0.39, 0.29) is 11.1 Å². The van der Waals surface area contributed by atoms with Crippen molar-refractivity contribution >= 4 is 34.0 Å². The van der Waals surface area contributed by atoms with Gasteiger partial charge in [-0.1, -0.05) is 54.6 Å². The van der Waals surface area contributed by atoms with Crippen LogP contribution >= 0.6 is 11.3 Å². The van der Waals surface area contributed by atoms with E-state index in [2.05, 4.69) is 29.3 Å². The van der Waals surface area contributed by atoms with Gasteiger partial charge in [0.2, 0.25) is 0 Å². The zero-order valence-electron chi connectivity index (χ0n) is 18.2. The highest BCUT2D eigenvalue weighted by Crippen LogP contribution is 2.20. The average Bonchev–Trinajstić information content (AvgIpc) is 3.19. The van der Waals surface area contributed by atoms with Gasteiger partial charge in [0, 0.05) is 11.6 Å². The highest BCUT2D eigenvalue weighted by Gasteiger charge is 2.22. The van der Waals surface area contributed by atoms with Crippen LogP contribution < -0.4 is 4.80 Å². The maximum absolute atomic E-state index is 13.0. The van der Waals surface area contributed by atoms with Crippen molar-refractivity contribution in [1.82, 2.24) is 4.57 Å². The number of carbonyl (C=O) groups is 2. The van der Waals surface area contributed by atoms with Crippen molar-refractivity contribution in [3.05, 3.63) is 99.8 Å². The monoisotopic (exact) mass is 444 g/mol. The maximum atomic E-state index is 13.0. The lowest BCUT2D eigenvalue weighted by atomic mass is 10.0. The van der Waals surface area contributed by atoms with Gasteiger partial charge in [0.05, 0.1) is 17.7 Å². The first kappa shape index (κ1) is 21.7. The third-order valence-electron chi connectivity index (χ3n) is 4.85. The molecule has 4 rings (SSSR count). The van der Waals surface area contributed by atoms with Crippen LogP contribution in [0.2, 0.25) is 0 Å². The van der Waals surface area contributed by atoms with Crippen molar-refractivity contribution in [2.45, 2.75) is 32.9 Å². The number of carbonyl (C=O) groups excluding carboxylic acids is 2. The Morgan fingerprint density at radius 1 is 0.938 bits per heavy atom. The van der Waals surface area contributed by atoms with Crippen molar-refractivity contribution in [3.8, 4) is 0 Å². The summed E-state index contributed by atoms with van der Waals surface area (Å²) in [4.78, 5) is 30.6. The maximum Gasteiger partial charge on any atom is 0.339 e. The molecule has 3 aromatic carbocycles. The normalized spacial score (nSPS) is 12.2. The van der Waals surface area contributed by atoms with Gasteiger partial charge in [-0.2, -0.15) is 4.99 Å². The van der Waals surface area contributed by atoms with Crippen LogP contribution in [0.3, 0.4) is 0 Å². The Morgan fingerprint density at radius 2 is 1.62 bits per heavy atom. The number of fused-ring (bicyclic) bond motifs is 1. The summed E-state index contributed by atoms with van der Waals surface area (Å²) in [5.41, 5.74) is 0.935. The molecule has 1 heterocycles. The molecule has 0 aliphatic carbocycles. The molecule has 6 heteroatoms. The van der Waals surface area contributed by atoms with Gasteiger partial charge in [-0.25, -0.2) is 4.79 Å². The minimum Gasteiger partial charge on any atom is -0.456 e. The fraction of sp³-hybridized carbons (Fsp3) is 0.192. The molecule has 1 amide bonds. The quantitative estimate of drug-likeness (QED) is 0.393. The van der Waals surface area contributed by atoms with Gasteiger partial charge < -0.3 is 9.30 Å². The molecule has 4 aromatic rings. The van der Waals surface area contributed by atoms with Gasteiger partial charge in [-0.3, -0.25) is 4.79 Å². The van der Waals surface area contributed by atoms with Crippen LogP contribution in [-0.4, -0.2) is 22.0 Å². The molecule has 1 aromatic heterocycles. The molecule has 0 aliphatic rings. The molecule has 0 aliphatic heterocycles. The van der Waals surface area contributed by atoms with Gasteiger partial charge in [0.1, 0.15) is 5.60 Å². The summed E-state index contributed by atoms with van der Waals surface area (Å²) in [6, 6.07) is 21.0. The molecular weight excluding hydrogens is 420 g/mol. The number of nitrogens with zero attached hydrogens (tertiary/aromatic N) is 2.